The van der Waals surface area contributed by atoms with Crippen molar-refractivity contribution >= 4 is 5.97 Å². The molecule has 0 bridgehead atoms. The molecule has 5 nitrogen and oxygen atoms in total. The van der Waals surface area contributed by atoms with Gasteiger partial charge in [0.15, 0.2) is 16.6 Å². The average Bonchev–Trinajstić information content (AvgIpc) is 2.68. The van der Waals surface area contributed by atoms with Crippen molar-refractivity contribution in [1.29, 1.82) is 0 Å². The first-order valence-corrected chi connectivity index (χ1v) is 10.9. The largest absolute Gasteiger partial charge is 0.462 e. The summed E-state index contributed by atoms with van der Waals surface area (Å²) in [6.07, 6.45) is -23.2. The highest BCUT2D eigenvalue weighted by atomic mass is 19.4. The van der Waals surface area contributed by atoms with Crippen LogP contribution >= 0.6 is 0 Å². The van der Waals surface area contributed by atoms with E-state index >= 15 is 0 Å². The third kappa shape index (κ3) is 6.35. The van der Waals surface area contributed by atoms with Crippen molar-refractivity contribution in [3.05, 3.63) is 0 Å². The lowest BCUT2D eigenvalue weighted by molar-refractivity contribution is -0.300. The van der Waals surface area contributed by atoms with Crippen LogP contribution in [0.25, 0.3) is 0 Å². The monoisotopic (exact) mass is 534 g/mol. The van der Waals surface area contributed by atoms with Gasteiger partial charge in [-0.05, 0) is 52.9 Å². The topological polar surface area (TPSA) is 76.0 Å². The Hall–Kier alpha value is -1.28. The molecule has 0 aromatic heterocycles. The minimum absolute atomic E-state index is 0.313. The summed E-state index contributed by atoms with van der Waals surface area (Å²) in [7, 11) is 1.10. The number of methoxy groups -OCH3 is 1. The fourth-order valence-electron chi connectivity index (χ4n) is 4.39. The van der Waals surface area contributed by atoms with Crippen LogP contribution in [0.3, 0.4) is 0 Å². The number of aliphatic hydroxyl groups is 2. The van der Waals surface area contributed by atoms with E-state index in [4.69, 9.17) is 9.47 Å². The predicted molar refractivity (Wildman–Crippen MR) is 104 cm³/mol. The third-order valence-electron chi connectivity index (χ3n) is 7.25. The lowest BCUT2D eigenvalue weighted by Gasteiger charge is -2.46. The lowest BCUT2D eigenvalue weighted by atomic mass is 9.67. The third-order valence-corrected chi connectivity index (χ3v) is 7.25. The van der Waals surface area contributed by atoms with Crippen LogP contribution in [0.4, 0.5) is 39.5 Å². The quantitative estimate of drug-likeness (QED) is 0.326. The fourth-order valence-corrected chi connectivity index (χ4v) is 4.39. The maximum Gasteiger partial charge on any atom is 0.417 e. The minimum atomic E-state index is -5.31. The number of carbonyl (C=O) groups is 1. The van der Waals surface area contributed by atoms with Gasteiger partial charge in [-0.2, -0.15) is 39.5 Å². The van der Waals surface area contributed by atoms with Gasteiger partial charge < -0.3 is 19.7 Å². The van der Waals surface area contributed by atoms with Gasteiger partial charge in [-0.25, -0.2) is 0 Å². The molecule has 0 spiro atoms. The SMILES string of the molecule is CCC(CC(C)OC)(C(=O)OC1CC(C(C)(O)C(F)(F)F)CC(C(C)(O)C(F)(F)F)C1)C(F)(F)F. The van der Waals surface area contributed by atoms with E-state index in [0.29, 0.717) is 13.8 Å². The molecule has 35 heavy (non-hydrogen) atoms. The zero-order chi connectivity index (χ0) is 27.8. The van der Waals surface area contributed by atoms with Crippen molar-refractivity contribution in [2.45, 2.75) is 102 Å². The van der Waals surface area contributed by atoms with E-state index in [0.717, 1.165) is 14.0 Å². The van der Waals surface area contributed by atoms with E-state index in [1.807, 2.05) is 0 Å². The molecule has 208 valence electrons. The summed E-state index contributed by atoms with van der Waals surface area (Å²) in [6, 6.07) is 0. The fraction of sp³-hybridized carbons (Fsp3) is 0.952. The molecule has 0 amide bonds. The first kappa shape index (κ1) is 31.7. The molecule has 0 aromatic carbocycles. The van der Waals surface area contributed by atoms with Gasteiger partial charge in [-0.15, -0.1) is 0 Å². The molecule has 6 atom stereocenters. The molecule has 2 N–H and O–H groups in total. The molecule has 1 rings (SSSR count). The van der Waals surface area contributed by atoms with E-state index in [1.54, 1.807) is 0 Å². The second-order valence-electron chi connectivity index (χ2n) is 9.60. The van der Waals surface area contributed by atoms with E-state index in [1.165, 1.54) is 6.92 Å². The Morgan fingerprint density at radius 2 is 1.26 bits per heavy atom. The Kier molecular flexibility index (Phi) is 9.28. The highest BCUT2D eigenvalue weighted by molar-refractivity contribution is 5.78. The molecule has 0 saturated heterocycles. The van der Waals surface area contributed by atoms with Gasteiger partial charge in [0.05, 0.1) is 6.10 Å². The van der Waals surface area contributed by atoms with Crippen molar-refractivity contribution < 1.29 is 64.0 Å². The Morgan fingerprint density at radius 1 is 0.857 bits per heavy atom. The Morgan fingerprint density at radius 3 is 1.54 bits per heavy atom. The first-order chi connectivity index (χ1) is 15.5. The Labute approximate surface area is 196 Å². The van der Waals surface area contributed by atoms with Crippen LogP contribution in [0.1, 0.15) is 59.8 Å². The average molecular weight is 534 g/mol. The maximum atomic E-state index is 14.0. The van der Waals surface area contributed by atoms with Gasteiger partial charge in [0.2, 0.25) is 0 Å². The zero-order valence-corrected chi connectivity index (χ0v) is 19.9. The number of carbonyl (C=O) groups excluding carboxylic acids is 1. The zero-order valence-electron chi connectivity index (χ0n) is 19.9. The molecular weight excluding hydrogens is 503 g/mol. The normalized spacial score (nSPS) is 28.4. The Bertz CT molecular complexity index is 696. The second-order valence-corrected chi connectivity index (χ2v) is 9.60. The number of esters is 1. The number of ether oxygens (including phenoxy) is 2. The van der Waals surface area contributed by atoms with Crippen LogP contribution in [0.5, 0.6) is 0 Å². The van der Waals surface area contributed by atoms with Crippen molar-refractivity contribution in [1.82, 2.24) is 0 Å². The van der Waals surface area contributed by atoms with Gasteiger partial charge in [-0.1, -0.05) is 6.92 Å². The van der Waals surface area contributed by atoms with Gasteiger partial charge in [0.1, 0.15) is 6.10 Å². The second kappa shape index (κ2) is 10.2. The van der Waals surface area contributed by atoms with Crippen LogP contribution in [0.2, 0.25) is 0 Å². The molecule has 0 aliphatic heterocycles. The predicted octanol–water partition coefficient (Wildman–Crippen LogP) is 5.32. The van der Waals surface area contributed by atoms with Crippen LogP contribution in [-0.2, 0) is 14.3 Å². The first-order valence-electron chi connectivity index (χ1n) is 10.9. The highest BCUT2D eigenvalue weighted by Gasteiger charge is 2.64. The van der Waals surface area contributed by atoms with Gasteiger partial charge in [0.25, 0.3) is 0 Å². The van der Waals surface area contributed by atoms with E-state index < -0.39 is 97.3 Å². The molecule has 1 fully saturated rings. The molecule has 1 aliphatic rings. The number of rotatable bonds is 8. The number of hydrogen-bond donors (Lipinski definition) is 2. The van der Waals surface area contributed by atoms with Crippen LogP contribution in [0.15, 0.2) is 0 Å². The van der Waals surface area contributed by atoms with Gasteiger partial charge >= 0.3 is 24.5 Å². The summed E-state index contributed by atoms with van der Waals surface area (Å²) in [5, 5.41) is 20.2. The summed E-state index contributed by atoms with van der Waals surface area (Å²) in [4.78, 5) is 12.8. The summed E-state index contributed by atoms with van der Waals surface area (Å²) < 4.78 is 132. The Balaban J connectivity index is 3.44. The summed E-state index contributed by atoms with van der Waals surface area (Å²) in [6.45, 7) is 2.91. The maximum absolute atomic E-state index is 14.0. The number of hydrogen-bond acceptors (Lipinski definition) is 5. The van der Waals surface area contributed by atoms with Crippen LogP contribution in [-0.4, -0.2) is 65.2 Å². The molecule has 1 aliphatic carbocycles. The number of alkyl halides is 9. The van der Waals surface area contributed by atoms with E-state index in [2.05, 4.69) is 0 Å². The van der Waals surface area contributed by atoms with Crippen LogP contribution < -0.4 is 0 Å². The molecule has 0 radical (unpaired) electrons. The van der Waals surface area contributed by atoms with Crippen molar-refractivity contribution in [3.8, 4) is 0 Å². The van der Waals surface area contributed by atoms with E-state index in [9.17, 15) is 54.5 Å². The molecule has 14 heteroatoms. The van der Waals surface area contributed by atoms with E-state index in [-0.39, 0.29) is 0 Å². The molecule has 6 unspecified atom stereocenters. The van der Waals surface area contributed by atoms with Crippen LogP contribution in [0, 0.1) is 17.3 Å². The van der Waals surface area contributed by atoms with Crippen molar-refractivity contribution in [2.75, 3.05) is 7.11 Å². The highest BCUT2D eigenvalue weighted by Crippen LogP contribution is 2.51. The van der Waals surface area contributed by atoms with Crippen molar-refractivity contribution in [3.63, 3.8) is 0 Å². The standard InChI is InChI=1S/C21H31F9O5/c1-6-18(21(28,29)30,10-11(2)34-5)15(31)35-14-8-12(16(3,32)19(22,23)24)7-13(9-14)17(4,33)20(25,26)27/h11-14,32-33H,6-10H2,1-5H3. The molecule has 0 aromatic rings. The lowest BCUT2D eigenvalue weighted by Crippen LogP contribution is -2.57. The molecule has 0 heterocycles. The minimum Gasteiger partial charge on any atom is -0.462 e. The smallest absolute Gasteiger partial charge is 0.417 e. The van der Waals surface area contributed by atoms with Gasteiger partial charge in [0, 0.05) is 18.9 Å². The summed E-state index contributed by atoms with van der Waals surface area (Å²) >= 11 is 0. The summed E-state index contributed by atoms with van der Waals surface area (Å²) in [5.41, 5.74) is -10.3. The number of halogens is 9. The molecule has 1 saturated carbocycles. The molecular formula is C21H31F9O5. The summed E-state index contributed by atoms with van der Waals surface area (Å²) in [5.74, 6) is -5.89. The van der Waals surface area contributed by atoms with Gasteiger partial charge in [-0.3, -0.25) is 4.79 Å². The van der Waals surface area contributed by atoms with Crippen molar-refractivity contribution in [2.24, 2.45) is 17.3 Å².